The number of halogens is 3. The topological polar surface area (TPSA) is 58.2 Å². The van der Waals surface area contributed by atoms with E-state index in [0.717, 1.165) is 17.7 Å². The summed E-state index contributed by atoms with van der Waals surface area (Å²) in [5, 5.41) is 4.97. The first-order chi connectivity index (χ1) is 11.8. The van der Waals surface area contributed by atoms with Gasteiger partial charge in [0.1, 0.15) is 0 Å². The Bertz CT molecular complexity index is 756. The fourth-order valence-electron chi connectivity index (χ4n) is 2.18. The van der Waals surface area contributed by atoms with Crippen molar-refractivity contribution < 1.29 is 22.8 Å². The van der Waals surface area contributed by atoms with Crippen molar-refractivity contribution in [3.05, 3.63) is 70.8 Å². The Kier molecular flexibility index (Phi) is 5.80. The Balaban J connectivity index is 1.87. The van der Waals surface area contributed by atoms with Crippen LogP contribution in [0.1, 0.15) is 31.8 Å². The molecule has 0 aliphatic rings. The molecule has 0 radical (unpaired) electrons. The number of benzene rings is 2. The van der Waals surface area contributed by atoms with Gasteiger partial charge in [-0.25, -0.2) is 0 Å². The van der Waals surface area contributed by atoms with Gasteiger partial charge >= 0.3 is 6.18 Å². The van der Waals surface area contributed by atoms with Gasteiger partial charge in [-0.1, -0.05) is 29.8 Å². The Morgan fingerprint density at radius 1 is 0.880 bits per heavy atom. The number of carbonyl (C=O) groups is 2. The van der Waals surface area contributed by atoms with E-state index in [1.165, 1.54) is 12.1 Å². The minimum atomic E-state index is -4.60. The first kappa shape index (κ1) is 18.5. The van der Waals surface area contributed by atoms with Gasteiger partial charge in [0.25, 0.3) is 11.8 Å². The van der Waals surface area contributed by atoms with Crippen molar-refractivity contribution in [1.82, 2.24) is 10.6 Å². The molecule has 0 spiro atoms. The third kappa shape index (κ3) is 5.07. The molecule has 132 valence electrons. The molecule has 2 N–H and O–H groups in total. The van der Waals surface area contributed by atoms with Crippen LogP contribution in [0.4, 0.5) is 13.2 Å². The second kappa shape index (κ2) is 7.83. The lowest BCUT2D eigenvalue weighted by Gasteiger charge is -2.13. The maximum atomic E-state index is 12.9. The van der Waals surface area contributed by atoms with Crippen LogP contribution in [0.5, 0.6) is 0 Å². The number of alkyl halides is 3. The summed E-state index contributed by atoms with van der Waals surface area (Å²) in [6, 6.07) is 11.5. The van der Waals surface area contributed by atoms with Gasteiger partial charge in [0.2, 0.25) is 0 Å². The molecule has 0 aliphatic heterocycles. The van der Waals surface area contributed by atoms with Crippen LogP contribution in [-0.4, -0.2) is 24.9 Å². The molecule has 2 aromatic carbocycles. The van der Waals surface area contributed by atoms with E-state index in [9.17, 15) is 22.8 Å². The number of aryl methyl sites for hydroxylation is 1. The van der Waals surface area contributed by atoms with Crippen molar-refractivity contribution >= 4 is 11.8 Å². The number of nitrogens with one attached hydrogen (secondary N) is 2. The third-order valence-electron chi connectivity index (χ3n) is 3.49. The summed E-state index contributed by atoms with van der Waals surface area (Å²) in [5.41, 5.74) is 0.0579. The van der Waals surface area contributed by atoms with Gasteiger partial charge in [-0.3, -0.25) is 9.59 Å². The molecule has 0 saturated heterocycles. The van der Waals surface area contributed by atoms with E-state index in [-0.39, 0.29) is 19.0 Å². The SMILES string of the molecule is Cc1ccc(C(=O)NCCNC(=O)c2ccccc2C(F)(F)F)cc1. The van der Waals surface area contributed by atoms with E-state index >= 15 is 0 Å². The number of hydrogen-bond acceptors (Lipinski definition) is 2. The quantitative estimate of drug-likeness (QED) is 0.814. The summed E-state index contributed by atoms with van der Waals surface area (Å²) in [4.78, 5) is 23.8. The minimum absolute atomic E-state index is 0.0165. The molecule has 0 saturated carbocycles. The van der Waals surface area contributed by atoms with Crippen LogP contribution in [0.2, 0.25) is 0 Å². The largest absolute Gasteiger partial charge is 0.417 e. The highest BCUT2D eigenvalue weighted by Crippen LogP contribution is 2.31. The van der Waals surface area contributed by atoms with E-state index in [1.807, 2.05) is 6.92 Å². The van der Waals surface area contributed by atoms with Crippen LogP contribution in [0.3, 0.4) is 0 Å². The fourth-order valence-corrected chi connectivity index (χ4v) is 2.18. The zero-order valence-corrected chi connectivity index (χ0v) is 13.5. The smallest absolute Gasteiger partial charge is 0.350 e. The number of rotatable bonds is 5. The Morgan fingerprint density at radius 2 is 1.44 bits per heavy atom. The van der Waals surface area contributed by atoms with Gasteiger partial charge in [0.05, 0.1) is 11.1 Å². The van der Waals surface area contributed by atoms with Gasteiger partial charge in [-0.2, -0.15) is 13.2 Å². The minimum Gasteiger partial charge on any atom is -0.350 e. The molecule has 2 rings (SSSR count). The van der Waals surface area contributed by atoms with Crippen LogP contribution in [0, 0.1) is 6.92 Å². The van der Waals surface area contributed by atoms with Crippen molar-refractivity contribution in [2.75, 3.05) is 13.1 Å². The molecule has 0 fully saturated rings. The molecular weight excluding hydrogens is 333 g/mol. The third-order valence-corrected chi connectivity index (χ3v) is 3.49. The molecule has 0 atom stereocenters. The first-order valence-electron chi connectivity index (χ1n) is 7.58. The molecule has 4 nitrogen and oxygen atoms in total. The van der Waals surface area contributed by atoms with Crippen LogP contribution in [0.25, 0.3) is 0 Å². The summed E-state index contributed by atoms with van der Waals surface area (Å²) in [6.07, 6.45) is -4.60. The van der Waals surface area contributed by atoms with Crippen LogP contribution < -0.4 is 10.6 Å². The molecular formula is C18H17F3N2O2. The summed E-state index contributed by atoms with van der Waals surface area (Å²) in [5.74, 6) is -1.15. The number of carbonyl (C=O) groups excluding carboxylic acids is 2. The molecule has 0 unspecified atom stereocenters. The molecule has 0 aliphatic carbocycles. The lowest BCUT2D eigenvalue weighted by Crippen LogP contribution is -2.35. The standard InChI is InChI=1S/C18H17F3N2O2/c1-12-6-8-13(9-7-12)16(24)22-10-11-23-17(25)14-4-2-3-5-15(14)18(19,20)21/h2-9H,10-11H2,1H3,(H,22,24)(H,23,25). The Morgan fingerprint density at radius 3 is 2.04 bits per heavy atom. The zero-order chi connectivity index (χ0) is 18.4. The molecule has 0 heterocycles. The second-order valence-corrected chi connectivity index (χ2v) is 5.42. The Labute approximate surface area is 143 Å². The maximum Gasteiger partial charge on any atom is 0.417 e. The van der Waals surface area contributed by atoms with Gasteiger partial charge in [-0.05, 0) is 31.2 Å². The number of hydrogen-bond donors (Lipinski definition) is 2. The highest BCUT2D eigenvalue weighted by molar-refractivity contribution is 5.96. The van der Waals surface area contributed by atoms with Gasteiger partial charge < -0.3 is 10.6 Å². The highest BCUT2D eigenvalue weighted by atomic mass is 19.4. The molecule has 2 amide bonds. The van der Waals surface area contributed by atoms with Crippen molar-refractivity contribution in [3.63, 3.8) is 0 Å². The van der Waals surface area contributed by atoms with Crippen LogP contribution >= 0.6 is 0 Å². The molecule has 2 aromatic rings. The normalized spacial score (nSPS) is 11.0. The van der Waals surface area contributed by atoms with E-state index in [0.29, 0.717) is 5.56 Å². The van der Waals surface area contributed by atoms with Gasteiger partial charge in [-0.15, -0.1) is 0 Å². The van der Waals surface area contributed by atoms with E-state index in [2.05, 4.69) is 10.6 Å². The fraction of sp³-hybridized carbons (Fsp3) is 0.222. The zero-order valence-electron chi connectivity index (χ0n) is 13.5. The van der Waals surface area contributed by atoms with Crippen LogP contribution in [0.15, 0.2) is 48.5 Å². The second-order valence-electron chi connectivity index (χ2n) is 5.42. The summed E-state index contributed by atoms with van der Waals surface area (Å²) >= 11 is 0. The lowest BCUT2D eigenvalue weighted by molar-refractivity contribution is -0.137. The number of amides is 2. The average molecular weight is 350 g/mol. The average Bonchev–Trinajstić information content (AvgIpc) is 2.58. The van der Waals surface area contributed by atoms with Crippen molar-refractivity contribution in [2.24, 2.45) is 0 Å². The van der Waals surface area contributed by atoms with Gasteiger partial charge in [0.15, 0.2) is 0 Å². The van der Waals surface area contributed by atoms with E-state index in [1.54, 1.807) is 24.3 Å². The molecule has 25 heavy (non-hydrogen) atoms. The van der Waals surface area contributed by atoms with Gasteiger partial charge in [0, 0.05) is 18.7 Å². The summed E-state index contributed by atoms with van der Waals surface area (Å²) in [6.45, 7) is 2.02. The van der Waals surface area contributed by atoms with Crippen molar-refractivity contribution in [1.29, 1.82) is 0 Å². The predicted octanol–water partition coefficient (Wildman–Crippen LogP) is 3.17. The predicted molar refractivity (Wildman–Crippen MR) is 87.3 cm³/mol. The van der Waals surface area contributed by atoms with Crippen molar-refractivity contribution in [2.45, 2.75) is 13.1 Å². The Hall–Kier alpha value is -2.83. The lowest BCUT2D eigenvalue weighted by atomic mass is 10.1. The summed E-state index contributed by atoms with van der Waals surface area (Å²) in [7, 11) is 0. The molecule has 0 bridgehead atoms. The molecule has 7 heteroatoms. The highest BCUT2D eigenvalue weighted by Gasteiger charge is 2.34. The molecule has 0 aromatic heterocycles. The van der Waals surface area contributed by atoms with Crippen LogP contribution in [-0.2, 0) is 6.18 Å². The summed E-state index contributed by atoms with van der Waals surface area (Å²) < 4.78 is 38.6. The van der Waals surface area contributed by atoms with E-state index in [4.69, 9.17) is 0 Å². The first-order valence-corrected chi connectivity index (χ1v) is 7.58. The van der Waals surface area contributed by atoms with E-state index < -0.39 is 23.2 Å². The maximum absolute atomic E-state index is 12.9. The van der Waals surface area contributed by atoms with Crippen molar-refractivity contribution in [3.8, 4) is 0 Å². The monoisotopic (exact) mass is 350 g/mol.